The van der Waals surface area contributed by atoms with Gasteiger partial charge in [0.15, 0.2) is 0 Å². The van der Waals surface area contributed by atoms with Crippen LogP contribution in [0, 0.1) is 0 Å². The summed E-state index contributed by atoms with van der Waals surface area (Å²) >= 11 is 3.53. The van der Waals surface area contributed by atoms with Gasteiger partial charge in [0, 0.05) is 15.8 Å². The van der Waals surface area contributed by atoms with Gasteiger partial charge < -0.3 is 9.84 Å². The largest absolute Gasteiger partial charge is 0.341 e. The number of benzene rings is 3. The van der Waals surface area contributed by atoms with Gasteiger partial charge in [0.25, 0.3) is 14.8 Å². The monoisotopic (exact) mass is 372 g/mol. The molecule has 0 N–H and O–H groups in total. The fourth-order valence-corrected chi connectivity index (χ4v) is 3.42. The minimum absolute atomic E-state index is 0.881. The molecule has 0 atom stereocenters. The number of hydrogen-bond acceptors (Lipinski definition) is 2. The Hall–Kier alpha value is -2.07. The van der Waals surface area contributed by atoms with Gasteiger partial charge >= 0.3 is 0 Å². The van der Waals surface area contributed by atoms with Crippen LogP contribution in [0.15, 0.2) is 77.3 Å². The normalized spacial score (nSPS) is 13.0. The lowest BCUT2D eigenvalue weighted by atomic mass is 9.63. The predicted molar refractivity (Wildman–Crippen MR) is 114 cm³/mol. The van der Waals surface area contributed by atoms with Crippen LogP contribution in [0.2, 0.25) is 0 Å². The molecule has 1 aliphatic rings. The molecular weight excluding hydrogens is 357 g/mol. The Kier molecular flexibility index (Phi) is 4.15. The highest BCUT2D eigenvalue weighted by Gasteiger charge is 2.26. The van der Waals surface area contributed by atoms with E-state index < -0.39 is 0 Å². The molecule has 24 heavy (non-hydrogen) atoms. The summed E-state index contributed by atoms with van der Waals surface area (Å²) in [6.07, 6.45) is 0. The average molecular weight is 373 g/mol. The van der Waals surface area contributed by atoms with Gasteiger partial charge in [-0.3, -0.25) is 0 Å². The molecule has 114 valence electrons. The van der Waals surface area contributed by atoms with E-state index >= 15 is 0 Å². The quantitative estimate of drug-likeness (QED) is 0.608. The van der Waals surface area contributed by atoms with E-state index in [-0.39, 0.29) is 0 Å². The minimum Gasteiger partial charge on any atom is -0.341 e. The van der Waals surface area contributed by atoms with Crippen molar-refractivity contribution in [3.63, 3.8) is 0 Å². The Balaban J connectivity index is 1.78. The van der Waals surface area contributed by atoms with Crippen LogP contribution in [-0.2, 0) is 0 Å². The number of fused-ring (bicyclic) bond motifs is 1. The summed E-state index contributed by atoms with van der Waals surface area (Å²) in [7, 11) is 3.89. The molecule has 0 saturated carbocycles. The van der Waals surface area contributed by atoms with E-state index in [0.717, 1.165) is 19.3 Å². The van der Waals surface area contributed by atoms with Gasteiger partial charge in [0.2, 0.25) is 0 Å². The Morgan fingerprint density at radius 2 is 1.12 bits per heavy atom. The summed E-state index contributed by atoms with van der Waals surface area (Å²) in [5, 5.41) is 0. The number of anilines is 2. The zero-order valence-corrected chi connectivity index (χ0v) is 15.2. The molecule has 3 aromatic carbocycles. The molecule has 0 amide bonds. The van der Waals surface area contributed by atoms with E-state index in [2.05, 4.69) is 106 Å². The summed E-state index contributed by atoms with van der Waals surface area (Å²) in [4.78, 5) is 4.73. The maximum Gasteiger partial charge on any atom is 0.294 e. The number of nitrogens with zero attached hydrogens (tertiary/aromatic N) is 2. The summed E-state index contributed by atoms with van der Waals surface area (Å²) in [5.74, 6) is 0. The Labute approximate surface area is 153 Å². The third-order valence-corrected chi connectivity index (χ3v) is 5.04. The first kappa shape index (κ1) is 15.5. The lowest BCUT2D eigenvalue weighted by Gasteiger charge is -2.42. The molecule has 0 unspecified atom stereocenters. The molecule has 0 saturated heterocycles. The second-order valence-electron chi connectivity index (χ2n) is 6.20. The third-order valence-electron chi connectivity index (χ3n) is 4.51. The van der Waals surface area contributed by atoms with Gasteiger partial charge in [-0.25, -0.2) is 0 Å². The maximum absolute atomic E-state index is 3.53. The van der Waals surface area contributed by atoms with E-state index in [1.807, 2.05) is 0 Å². The topological polar surface area (TPSA) is 6.48 Å². The van der Waals surface area contributed by atoms with Gasteiger partial charge in [0.1, 0.15) is 7.85 Å². The van der Waals surface area contributed by atoms with Crippen molar-refractivity contribution in [3.05, 3.63) is 77.3 Å². The molecule has 0 spiro atoms. The number of rotatable bonds is 2. The molecule has 3 aromatic rings. The fraction of sp³-hybridized carbons (Fsp3) is 0. The van der Waals surface area contributed by atoms with Gasteiger partial charge in [-0.05, 0) is 36.4 Å². The molecule has 1 heterocycles. The van der Waals surface area contributed by atoms with E-state index in [4.69, 9.17) is 0 Å². The zero-order chi connectivity index (χ0) is 16.5. The Morgan fingerprint density at radius 1 is 0.667 bits per heavy atom. The molecule has 1 aliphatic heterocycles. The highest BCUT2D eigenvalue weighted by molar-refractivity contribution is 9.10. The van der Waals surface area contributed by atoms with Crippen molar-refractivity contribution >= 4 is 66.4 Å². The number of hydrogen-bond donors (Lipinski definition) is 0. The van der Waals surface area contributed by atoms with Crippen molar-refractivity contribution in [1.29, 1.82) is 0 Å². The molecule has 6 heteroatoms. The third kappa shape index (κ3) is 2.98. The first-order valence-electron chi connectivity index (χ1n) is 8.15. The summed E-state index contributed by atoms with van der Waals surface area (Å²) in [6, 6.07) is 26.0. The van der Waals surface area contributed by atoms with Gasteiger partial charge in [-0.2, -0.15) is 0 Å². The molecule has 0 fully saturated rings. The van der Waals surface area contributed by atoms with Crippen LogP contribution in [0.5, 0.6) is 0 Å². The van der Waals surface area contributed by atoms with Crippen molar-refractivity contribution in [2.45, 2.75) is 0 Å². The molecule has 0 radical (unpaired) electrons. The van der Waals surface area contributed by atoms with Crippen LogP contribution < -0.4 is 26.2 Å². The first-order valence-corrected chi connectivity index (χ1v) is 8.94. The van der Waals surface area contributed by atoms with Crippen LogP contribution in [0.1, 0.15) is 0 Å². The van der Waals surface area contributed by atoms with Crippen LogP contribution >= 0.6 is 15.9 Å². The number of hydrazine groups is 1. The maximum atomic E-state index is 3.53. The standard InChI is InChI=1S/C18H16B3BrN2/c19-13-5-9-15(10-6-13)23-20-17-3-1-2-4-18(17)21-24(23)16-11-7-14(22)8-12-16/h1-12,20-21H,19H2. The second-order valence-corrected chi connectivity index (χ2v) is 7.11. The second kappa shape index (κ2) is 6.44. The first-order chi connectivity index (χ1) is 11.7. The van der Waals surface area contributed by atoms with E-state index in [9.17, 15) is 0 Å². The molecule has 0 bridgehead atoms. The highest BCUT2D eigenvalue weighted by Crippen LogP contribution is 2.23. The van der Waals surface area contributed by atoms with Crippen LogP contribution in [0.25, 0.3) is 0 Å². The van der Waals surface area contributed by atoms with Gasteiger partial charge in [-0.1, -0.05) is 68.7 Å². The van der Waals surface area contributed by atoms with Crippen LogP contribution in [0.3, 0.4) is 0 Å². The predicted octanol–water partition coefficient (Wildman–Crippen LogP) is 0.603. The lowest BCUT2D eigenvalue weighted by molar-refractivity contribution is 1.12. The van der Waals surface area contributed by atoms with Crippen LogP contribution in [-0.4, -0.2) is 22.7 Å². The summed E-state index contributed by atoms with van der Waals surface area (Å²) in [6.45, 7) is 0. The average Bonchev–Trinajstić information content (AvgIpc) is 2.62. The lowest BCUT2D eigenvalue weighted by Crippen LogP contribution is -2.63. The molecule has 4 rings (SSSR count). The minimum atomic E-state index is 0.881. The van der Waals surface area contributed by atoms with Crippen molar-refractivity contribution < 1.29 is 0 Å². The van der Waals surface area contributed by atoms with E-state index in [1.165, 1.54) is 27.8 Å². The zero-order valence-electron chi connectivity index (χ0n) is 13.6. The number of halogens is 1. The van der Waals surface area contributed by atoms with E-state index in [0.29, 0.717) is 0 Å². The SMILES string of the molecule is Bc1ccc(N2Bc3ccccc3BN2c2ccc(Br)cc2)cc1. The van der Waals surface area contributed by atoms with E-state index in [1.54, 1.807) is 0 Å². The molecular formula is C18H16B3BrN2. The van der Waals surface area contributed by atoms with Gasteiger partial charge in [-0.15, -0.1) is 0 Å². The van der Waals surface area contributed by atoms with Crippen molar-refractivity contribution in [2.24, 2.45) is 0 Å². The highest BCUT2D eigenvalue weighted by atomic mass is 79.9. The fourth-order valence-electron chi connectivity index (χ4n) is 3.15. The Bertz CT molecular complexity index is 780. The molecule has 2 nitrogen and oxygen atoms in total. The summed E-state index contributed by atoms with van der Waals surface area (Å²) < 4.78 is 1.10. The van der Waals surface area contributed by atoms with Crippen molar-refractivity contribution in [2.75, 3.05) is 9.84 Å². The molecule has 0 aromatic heterocycles. The Morgan fingerprint density at radius 3 is 1.62 bits per heavy atom. The van der Waals surface area contributed by atoms with Crippen LogP contribution in [0.4, 0.5) is 11.4 Å². The van der Waals surface area contributed by atoms with Crippen molar-refractivity contribution in [1.82, 2.24) is 0 Å². The molecule has 0 aliphatic carbocycles. The summed E-state index contributed by atoms with van der Waals surface area (Å²) in [5.41, 5.74) is 6.49. The van der Waals surface area contributed by atoms with Crippen molar-refractivity contribution in [3.8, 4) is 0 Å². The van der Waals surface area contributed by atoms with Gasteiger partial charge in [0.05, 0.1) is 0 Å². The smallest absolute Gasteiger partial charge is 0.294 e.